The molecule has 1 aliphatic heterocycles. The van der Waals surface area contributed by atoms with Gasteiger partial charge < -0.3 is 15.3 Å². The molecule has 2 atom stereocenters. The van der Waals surface area contributed by atoms with Gasteiger partial charge in [0.1, 0.15) is 0 Å². The number of likely N-dealkylation sites (tertiary alicyclic amines) is 1. The summed E-state index contributed by atoms with van der Waals surface area (Å²) in [5, 5.41) is 13.9. The zero-order valence-electron chi connectivity index (χ0n) is 15.6. The number of alkyl halides is 1. The number of hydrogen-bond acceptors (Lipinski definition) is 3. The van der Waals surface area contributed by atoms with Gasteiger partial charge in [-0.2, -0.15) is 0 Å². The van der Waals surface area contributed by atoms with Gasteiger partial charge in [-0.1, -0.05) is 55.5 Å². The van der Waals surface area contributed by atoms with Gasteiger partial charge in [-0.05, 0) is 30.5 Å². The number of nitrogens with one attached hydrogen (secondary N) is 1. The molecule has 0 radical (unpaired) electrons. The average molecular weight is 387 g/mol. The second-order valence-electron chi connectivity index (χ2n) is 7.36. The van der Waals surface area contributed by atoms with Gasteiger partial charge in [0.05, 0.1) is 16.9 Å². The first-order valence-electron chi connectivity index (χ1n) is 9.47. The lowest BCUT2D eigenvalue weighted by molar-refractivity contribution is -0.132. The van der Waals surface area contributed by atoms with Gasteiger partial charge in [-0.15, -0.1) is 11.6 Å². The van der Waals surface area contributed by atoms with Gasteiger partial charge in [-0.3, -0.25) is 4.79 Å². The Kier molecular flexibility index (Phi) is 6.53. The molecule has 2 N–H and O–H groups in total. The predicted molar refractivity (Wildman–Crippen MR) is 110 cm³/mol. The Morgan fingerprint density at radius 1 is 1.11 bits per heavy atom. The molecular formula is C22H27ClN2O2. The highest BCUT2D eigenvalue weighted by Gasteiger charge is 2.41. The number of benzene rings is 2. The largest absolute Gasteiger partial charge is 0.389 e. The average Bonchev–Trinajstić information content (AvgIpc) is 2.70. The van der Waals surface area contributed by atoms with Crippen LogP contribution in [0, 0.1) is 5.92 Å². The number of nitrogens with zero attached hydrogens (tertiary/aromatic N) is 1. The van der Waals surface area contributed by atoms with Crippen molar-refractivity contribution in [2.75, 3.05) is 25.0 Å². The summed E-state index contributed by atoms with van der Waals surface area (Å²) in [6.45, 7) is 4.01. The van der Waals surface area contributed by atoms with Gasteiger partial charge >= 0.3 is 0 Å². The van der Waals surface area contributed by atoms with Gasteiger partial charge in [0.2, 0.25) is 5.91 Å². The van der Waals surface area contributed by atoms with Crippen molar-refractivity contribution in [3.05, 3.63) is 66.2 Å². The zero-order chi connectivity index (χ0) is 19.3. The van der Waals surface area contributed by atoms with Crippen molar-refractivity contribution in [1.82, 2.24) is 4.90 Å². The highest BCUT2D eigenvalue weighted by Crippen LogP contribution is 2.32. The maximum absolute atomic E-state index is 12.6. The molecule has 0 aromatic heterocycles. The number of aliphatic hydroxyl groups is 1. The molecule has 1 aliphatic rings. The molecule has 3 rings (SSSR count). The highest BCUT2D eigenvalue weighted by molar-refractivity contribution is 6.21. The van der Waals surface area contributed by atoms with E-state index in [-0.39, 0.29) is 11.3 Å². The summed E-state index contributed by atoms with van der Waals surface area (Å²) < 4.78 is 0. The Hall–Kier alpha value is -1.88. The number of carbonyl (C=O) groups excluding carboxylic acids is 1. The number of rotatable bonds is 6. The molecule has 27 heavy (non-hydrogen) atoms. The summed E-state index contributed by atoms with van der Waals surface area (Å²) in [4.78, 5) is 14.8. The molecule has 2 aromatic carbocycles. The number of amides is 1. The zero-order valence-corrected chi connectivity index (χ0v) is 16.4. The third-order valence-electron chi connectivity index (χ3n) is 5.54. The lowest BCUT2D eigenvalue weighted by atomic mass is 9.80. The lowest BCUT2D eigenvalue weighted by Gasteiger charge is -2.41. The topological polar surface area (TPSA) is 52.6 Å². The first-order valence-corrected chi connectivity index (χ1v) is 9.91. The van der Waals surface area contributed by atoms with E-state index in [9.17, 15) is 9.90 Å². The molecule has 1 saturated heterocycles. The van der Waals surface area contributed by atoms with Crippen molar-refractivity contribution in [2.45, 2.75) is 30.7 Å². The van der Waals surface area contributed by atoms with Crippen molar-refractivity contribution in [2.24, 2.45) is 5.92 Å². The Morgan fingerprint density at radius 2 is 1.67 bits per heavy atom. The van der Waals surface area contributed by atoms with Crippen molar-refractivity contribution < 1.29 is 9.90 Å². The first-order chi connectivity index (χ1) is 13.0. The minimum Gasteiger partial charge on any atom is -0.389 e. The third kappa shape index (κ3) is 5.10. The monoisotopic (exact) mass is 386 g/mol. The van der Waals surface area contributed by atoms with Crippen LogP contribution >= 0.6 is 11.6 Å². The van der Waals surface area contributed by atoms with Crippen LogP contribution in [-0.4, -0.2) is 41.1 Å². The van der Waals surface area contributed by atoms with Crippen LogP contribution in [0.3, 0.4) is 0 Å². The summed E-state index contributed by atoms with van der Waals surface area (Å²) in [6.07, 6.45) is 1.13. The summed E-state index contributed by atoms with van der Waals surface area (Å²) in [7, 11) is 0. The minimum absolute atomic E-state index is 0.0730. The lowest BCUT2D eigenvalue weighted by Crippen LogP contribution is -2.51. The van der Waals surface area contributed by atoms with Crippen LogP contribution < -0.4 is 5.32 Å². The summed E-state index contributed by atoms with van der Waals surface area (Å²) >= 11 is 6.55. The number of piperidine rings is 1. The highest BCUT2D eigenvalue weighted by atomic mass is 35.5. The molecule has 0 bridgehead atoms. The van der Waals surface area contributed by atoms with Crippen LogP contribution in [0.15, 0.2) is 60.7 Å². The van der Waals surface area contributed by atoms with E-state index in [0.29, 0.717) is 12.8 Å². The molecule has 0 spiro atoms. The Bertz CT molecular complexity index is 730. The predicted octanol–water partition coefficient (Wildman–Crippen LogP) is 4.07. The number of halogens is 1. The molecule has 2 aromatic rings. The molecule has 0 aliphatic carbocycles. The SMILES string of the molecule is CC(C(=O)Nc1ccccc1)C1(O)CCN(CC(Cl)c2ccccc2)CC1. The van der Waals surface area contributed by atoms with Gasteiger partial charge in [0, 0.05) is 25.3 Å². The van der Waals surface area contributed by atoms with E-state index in [0.717, 1.165) is 30.9 Å². The molecule has 0 saturated carbocycles. The third-order valence-corrected chi connectivity index (χ3v) is 5.93. The normalized spacial score (nSPS) is 19.2. The maximum Gasteiger partial charge on any atom is 0.230 e. The minimum atomic E-state index is -0.982. The Labute approximate surface area is 166 Å². The van der Waals surface area contributed by atoms with Crippen molar-refractivity contribution in [3.8, 4) is 0 Å². The van der Waals surface area contributed by atoms with E-state index in [4.69, 9.17) is 11.6 Å². The fourth-order valence-corrected chi connectivity index (χ4v) is 3.91. The van der Waals surface area contributed by atoms with Crippen molar-refractivity contribution >= 4 is 23.2 Å². The van der Waals surface area contributed by atoms with E-state index in [1.165, 1.54) is 0 Å². The molecule has 2 unspecified atom stereocenters. The molecule has 144 valence electrons. The van der Waals surface area contributed by atoms with Gasteiger partial charge in [-0.25, -0.2) is 0 Å². The summed E-state index contributed by atoms with van der Waals surface area (Å²) in [6, 6.07) is 19.4. The van der Waals surface area contributed by atoms with E-state index in [2.05, 4.69) is 10.2 Å². The van der Waals surface area contributed by atoms with Gasteiger partial charge in [0.25, 0.3) is 0 Å². The van der Waals surface area contributed by atoms with Crippen LogP contribution in [-0.2, 0) is 4.79 Å². The van der Waals surface area contributed by atoms with Crippen LogP contribution in [0.2, 0.25) is 0 Å². The van der Waals surface area contributed by atoms with Crippen molar-refractivity contribution in [1.29, 1.82) is 0 Å². The molecule has 1 fully saturated rings. The second-order valence-corrected chi connectivity index (χ2v) is 7.89. The first kappa shape index (κ1) is 19.9. The van der Waals surface area contributed by atoms with Crippen LogP contribution in [0.5, 0.6) is 0 Å². The van der Waals surface area contributed by atoms with Crippen LogP contribution in [0.1, 0.15) is 30.7 Å². The maximum atomic E-state index is 12.6. The number of carbonyl (C=O) groups is 1. The molecular weight excluding hydrogens is 360 g/mol. The standard InChI is InChI=1S/C22H27ClN2O2/c1-17(21(26)24-19-10-6-3-7-11-19)22(27)12-14-25(15-13-22)16-20(23)18-8-4-2-5-9-18/h2-11,17,20,27H,12-16H2,1H3,(H,24,26). The quantitative estimate of drug-likeness (QED) is 0.736. The Morgan fingerprint density at radius 3 is 2.26 bits per heavy atom. The van der Waals surface area contributed by atoms with E-state index < -0.39 is 11.5 Å². The summed E-state index contributed by atoms with van der Waals surface area (Å²) in [5.41, 5.74) is 0.878. The fourth-order valence-electron chi connectivity index (χ4n) is 3.57. The van der Waals surface area contributed by atoms with E-state index in [1.807, 2.05) is 67.6 Å². The van der Waals surface area contributed by atoms with Crippen LogP contribution in [0.4, 0.5) is 5.69 Å². The van der Waals surface area contributed by atoms with E-state index >= 15 is 0 Å². The van der Waals surface area contributed by atoms with E-state index in [1.54, 1.807) is 0 Å². The summed E-state index contributed by atoms with van der Waals surface area (Å²) in [5.74, 6) is -0.613. The molecule has 1 heterocycles. The number of anilines is 1. The van der Waals surface area contributed by atoms with Gasteiger partial charge in [0.15, 0.2) is 0 Å². The number of hydrogen-bond donors (Lipinski definition) is 2. The Balaban J connectivity index is 1.52. The number of para-hydroxylation sites is 1. The van der Waals surface area contributed by atoms with Crippen molar-refractivity contribution in [3.63, 3.8) is 0 Å². The molecule has 4 nitrogen and oxygen atoms in total. The fraction of sp³-hybridized carbons (Fsp3) is 0.409. The second kappa shape index (κ2) is 8.87. The molecule has 5 heteroatoms. The molecule has 1 amide bonds. The van der Waals surface area contributed by atoms with Crippen LogP contribution in [0.25, 0.3) is 0 Å². The smallest absolute Gasteiger partial charge is 0.230 e.